The van der Waals surface area contributed by atoms with Gasteiger partial charge in [0.1, 0.15) is 5.75 Å². The normalized spacial score (nSPS) is 15.4. The molecule has 0 amide bonds. The molecule has 0 unspecified atom stereocenters. The van der Waals surface area contributed by atoms with Gasteiger partial charge in [0.2, 0.25) is 0 Å². The summed E-state index contributed by atoms with van der Waals surface area (Å²) in [6, 6.07) is 10.4. The van der Waals surface area contributed by atoms with E-state index in [0.717, 1.165) is 49.9 Å². The number of sulfonamides is 1. The van der Waals surface area contributed by atoms with Gasteiger partial charge in [0.05, 0.1) is 10.6 Å². The number of nitrogens with zero attached hydrogens (tertiary/aromatic N) is 2. The highest BCUT2D eigenvalue weighted by Crippen LogP contribution is 2.28. The Morgan fingerprint density at radius 3 is 2.57 bits per heavy atom. The number of nitrogens with one attached hydrogen (secondary N) is 1. The van der Waals surface area contributed by atoms with Gasteiger partial charge in [-0.25, -0.2) is 8.42 Å². The van der Waals surface area contributed by atoms with Crippen LogP contribution in [0.1, 0.15) is 12.0 Å². The molecule has 0 spiro atoms. The monoisotopic (exact) mass is 461 g/mol. The molecule has 1 aliphatic rings. The van der Waals surface area contributed by atoms with Crippen LogP contribution in [0.3, 0.4) is 0 Å². The molecule has 0 radical (unpaired) electrons. The van der Waals surface area contributed by atoms with E-state index < -0.39 is 16.6 Å². The largest absolute Gasteiger partial charge is 0.435 e. The van der Waals surface area contributed by atoms with Gasteiger partial charge in [-0.1, -0.05) is 12.1 Å². The fourth-order valence-electron chi connectivity index (χ4n) is 3.33. The molecule has 3 rings (SSSR count). The Balaban J connectivity index is 0.00000320. The van der Waals surface area contributed by atoms with E-state index in [1.165, 1.54) is 18.2 Å². The summed E-state index contributed by atoms with van der Waals surface area (Å²) in [6.07, 6.45) is 1.03. The topological polar surface area (TPSA) is 61.9 Å². The Bertz CT molecular complexity index is 960. The van der Waals surface area contributed by atoms with E-state index in [1.807, 2.05) is 19.1 Å². The summed E-state index contributed by atoms with van der Waals surface area (Å²) >= 11 is 0. The third kappa shape index (κ3) is 6.20. The van der Waals surface area contributed by atoms with E-state index in [4.69, 9.17) is 0 Å². The number of aryl methyl sites for hydroxylation is 1. The van der Waals surface area contributed by atoms with Crippen molar-refractivity contribution in [1.29, 1.82) is 0 Å². The van der Waals surface area contributed by atoms with E-state index in [0.29, 0.717) is 5.69 Å². The first-order chi connectivity index (χ1) is 13.7. The Morgan fingerprint density at radius 1 is 1.07 bits per heavy atom. The van der Waals surface area contributed by atoms with Crippen LogP contribution in [-0.4, -0.2) is 53.2 Å². The van der Waals surface area contributed by atoms with Crippen LogP contribution >= 0.6 is 12.4 Å². The summed E-state index contributed by atoms with van der Waals surface area (Å²) in [5.41, 5.74) is 2.46. The first-order valence-electron chi connectivity index (χ1n) is 9.36. The molecule has 2 aromatic carbocycles. The quantitative estimate of drug-likeness (QED) is 0.705. The molecule has 0 aromatic heterocycles. The fraction of sp³-hybridized carbons (Fsp3) is 0.400. The van der Waals surface area contributed by atoms with Gasteiger partial charge in [-0.05, 0) is 56.8 Å². The van der Waals surface area contributed by atoms with Crippen LogP contribution in [0.15, 0.2) is 47.4 Å². The molecule has 1 fully saturated rings. The highest BCUT2D eigenvalue weighted by atomic mass is 35.5. The minimum absolute atomic E-state index is 0. The second-order valence-corrected chi connectivity index (χ2v) is 8.79. The lowest BCUT2D eigenvalue weighted by molar-refractivity contribution is -0.0499. The molecule has 166 valence electrons. The van der Waals surface area contributed by atoms with Crippen molar-refractivity contribution in [3.05, 3.63) is 48.0 Å². The molecule has 1 saturated heterocycles. The van der Waals surface area contributed by atoms with Crippen LogP contribution in [0, 0.1) is 6.92 Å². The van der Waals surface area contributed by atoms with Gasteiger partial charge in [0.15, 0.2) is 0 Å². The predicted octanol–water partition coefficient (Wildman–Crippen LogP) is 3.96. The first kappa shape index (κ1) is 24.2. The number of rotatable bonds is 6. The molecule has 0 aliphatic carbocycles. The summed E-state index contributed by atoms with van der Waals surface area (Å²) < 4.78 is 57.1. The molecular formula is C20H26ClF2N3O3S. The molecule has 0 atom stereocenters. The number of hydrogen-bond donors (Lipinski definition) is 1. The SMILES string of the molecule is Cc1ccc(NS(=O)(=O)c2cccc(OC(F)F)c2)cc1N1CCCN(C)CC1.Cl. The smallest absolute Gasteiger partial charge is 0.387 e. The van der Waals surface area contributed by atoms with Crippen molar-refractivity contribution < 1.29 is 21.9 Å². The highest BCUT2D eigenvalue weighted by molar-refractivity contribution is 7.92. The van der Waals surface area contributed by atoms with Crippen LogP contribution in [0.4, 0.5) is 20.2 Å². The van der Waals surface area contributed by atoms with Crippen LogP contribution in [-0.2, 0) is 10.0 Å². The van der Waals surface area contributed by atoms with Crippen LogP contribution in [0.25, 0.3) is 0 Å². The highest BCUT2D eigenvalue weighted by Gasteiger charge is 2.19. The molecule has 0 bridgehead atoms. The average molecular weight is 462 g/mol. The average Bonchev–Trinajstić information content (AvgIpc) is 2.87. The van der Waals surface area contributed by atoms with Gasteiger partial charge >= 0.3 is 6.61 Å². The van der Waals surface area contributed by atoms with Crippen molar-refractivity contribution >= 4 is 33.8 Å². The van der Waals surface area contributed by atoms with E-state index in [9.17, 15) is 17.2 Å². The number of hydrogen-bond acceptors (Lipinski definition) is 5. The molecule has 30 heavy (non-hydrogen) atoms. The molecule has 1 N–H and O–H groups in total. The van der Waals surface area contributed by atoms with E-state index in [2.05, 4.69) is 26.3 Å². The zero-order valence-electron chi connectivity index (χ0n) is 16.8. The lowest BCUT2D eigenvalue weighted by Crippen LogP contribution is -2.29. The Kier molecular flexibility index (Phi) is 8.28. The number of anilines is 2. The van der Waals surface area contributed by atoms with E-state index in [1.54, 1.807) is 6.07 Å². The number of benzene rings is 2. The zero-order valence-corrected chi connectivity index (χ0v) is 18.5. The Hall–Kier alpha value is -2.10. The van der Waals surface area contributed by atoms with Gasteiger partial charge in [-0.2, -0.15) is 8.78 Å². The molecular weight excluding hydrogens is 436 g/mol. The third-order valence-electron chi connectivity index (χ3n) is 4.86. The van der Waals surface area contributed by atoms with Crippen LogP contribution in [0.2, 0.25) is 0 Å². The Labute approximate surface area is 182 Å². The second kappa shape index (κ2) is 10.3. The van der Waals surface area contributed by atoms with Crippen molar-refractivity contribution in [3.8, 4) is 5.75 Å². The van der Waals surface area contributed by atoms with Gasteiger partial charge in [-0.15, -0.1) is 12.4 Å². The van der Waals surface area contributed by atoms with Gasteiger partial charge in [0.25, 0.3) is 10.0 Å². The second-order valence-electron chi connectivity index (χ2n) is 7.10. The van der Waals surface area contributed by atoms with Crippen molar-refractivity contribution in [3.63, 3.8) is 0 Å². The van der Waals surface area contributed by atoms with Gasteiger partial charge in [-0.3, -0.25) is 4.72 Å². The third-order valence-corrected chi connectivity index (χ3v) is 6.24. The maximum absolute atomic E-state index is 12.7. The maximum atomic E-state index is 12.7. The van der Waals surface area contributed by atoms with E-state index >= 15 is 0 Å². The molecule has 1 heterocycles. The number of alkyl halides is 2. The summed E-state index contributed by atoms with van der Waals surface area (Å²) in [6.45, 7) is 2.70. The van der Waals surface area contributed by atoms with Gasteiger partial charge in [0, 0.05) is 31.4 Å². The zero-order chi connectivity index (χ0) is 21.0. The van der Waals surface area contributed by atoms with Crippen molar-refractivity contribution in [1.82, 2.24) is 4.90 Å². The lowest BCUT2D eigenvalue weighted by Gasteiger charge is -2.25. The summed E-state index contributed by atoms with van der Waals surface area (Å²) in [5.74, 6) is -0.207. The predicted molar refractivity (Wildman–Crippen MR) is 117 cm³/mol. The molecule has 2 aromatic rings. The van der Waals surface area contributed by atoms with Crippen LogP contribution in [0.5, 0.6) is 5.75 Å². The number of ether oxygens (including phenoxy) is 1. The first-order valence-corrected chi connectivity index (χ1v) is 10.8. The summed E-state index contributed by atoms with van der Waals surface area (Å²) in [5, 5.41) is 0. The summed E-state index contributed by atoms with van der Waals surface area (Å²) in [4.78, 5) is 4.39. The molecule has 10 heteroatoms. The molecule has 1 aliphatic heterocycles. The molecule has 0 saturated carbocycles. The Morgan fingerprint density at radius 2 is 1.83 bits per heavy atom. The maximum Gasteiger partial charge on any atom is 0.387 e. The van der Waals surface area contributed by atoms with E-state index in [-0.39, 0.29) is 23.1 Å². The van der Waals surface area contributed by atoms with Crippen molar-refractivity contribution in [2.75, 3.05) is 42.8 Å². The minimum atomic E-state index is -3.95. The fourth-order valence-corrected chi connectivity index (χ4v) is 4.42. The lowest BCUT2D eigenvalue weighted by atomic mass is 10.1. The van der Waals surface area contributed by atoms with Crippen LogP contribution < -0.4 is 14.4 Å². The van der Waals surface area contributed by atoms with Crippen molar-refractivity contribution in [2.45, 2.75) is 24.9 Å². The minimum Gasteiger partial charge on any atom is -0.435 e. The van der Waals surface area contributed by atoms with Gasteiger partial charge < -0.3 is 14.5 Å². The molecule has 6 nitrogen and oxygen atoms in total. The summed E-state index contributed by atoms with van der Waals surface area (Å²) in [7, 11) is -1.86. The number of likely N-dealkylation sites (N-methyl/N-ethyl adjacent to an activating group) is 1. The van der Waals surface area contributed by atoms with Crippen molar-refractivity contribution in [2.24, 2.45) is 0 Å². The number of halogens is 3. The standard InChI is InChI=1S/C20H25F2N3O3S.ClH/c1-15-7-8-16(13-19(15)25-10-4-9-24(2)11-12-25)23-29(26,27)18-6-3-5-17(14-18)28-20(21)22;/h3,5-8,13-14,20,23H,4,9-12H2,1-2H3;1H.